The van der Waals surface area contributed by atoms with E-state index < -0.39 is 26.0 Å². The van der Waals surface area contributed by atoms with Gasteiger partial charge in [0.2, 0.25) is 11.8 Å². The number of aromatic nitrogens is 2. The molecule has 0 spiro atoms. The van der Waals surface area contributed by atoms with Crippen molar-refractivity contribution in [1.29, 1.82) is 0 Å². The number of hydrogen-bond donors (Lipinski definition) is 0. The summed E-state index contributed by atoms with van der Waals surface area (Å²) in [6.07, 6.45) is 0. The maximum Gasteiger partial charge on any atom is 0.247 e. The first kappa shape index (κ1) is 20.1. The highest BCUT2D eigenvalue weighted by molar-refractivity contribution is 7.95. The Morgan fingerprint density at radius 3 is 1.96 bits per heavy atom. The lowest BCUT2D eigenvalue weighted by atomic mass is 10.1. The molecule has 1 aromatic heterocycles. The maximum atomic E-state index is 13.1. The molecule has 0 radical (unpaired) electrons. The Morgan fingerprint density at radius 2 is 1.48 bits per heavy atom. The summed E-state index contributed by atoms with van der Waals surface area (Å²) in [5, 5.41) is 8.01. The molecule has 5 nitrogen and oxygen atoms in total. The van der Waals surface area contributed by atoms with Crippen molar-refractivity contribution in [2.24, 2.45) is 0 Å². The van der Waals surface area contributed by atoms with Gasteiger partial charge in [-0.2, -0.15) is 0 Å². The molecular weight excluding hydrogens is 368 g/mol. The number of aryl methyl sites for hydroxylation is 1. The molecule has 0 saturated heterocycles. The Kier molecular flexibility index (Phi) is 5.46. The molecule has 0 aliphatic carbocycles. The van der Waals surface area contributed by atoms with Crippen molar-refractivity contribution >= 4 is 26.0 Å². The van der Waals surface area contributed by atoms with Gasteiger partial charge in [0.1, 0.15) is 5.75 Å². The number of nitrogens with zero attached hydrogens (tertiary/aromatic N) is 2. The highest BCUT2D eigenvalue weighted by Crippen LogP contribution is 2.29. The average Bonchev–Trinajstić information content (AvgIpc) is 2.82. The fourth-order valence-electron chi connectivity index (χ4n) is 3.76. The summed E-state index contributed by atoms with van der Waals surface area (Å²) < 4.78 is 31.7. The van der Waals surface area contributed by atoms with Crippen LogP contribution in [0, 0.1) is 6.92 Å². The van der Waals surface area contributed by atoms with E-state index in [0.717, 1.165) is 11.1 Å². The summed E-state index contributed by atoms with van der Waals surface area (Å²) in [6, 6.07) is 7.72. The molecule has 0 aliphatic heterocycles. The third kappa shape index (κ3) is 4.89. The molecule has 0 fully saturated rings. The minimum atomic E-state index is -3.34. The molecule has 0 atom stereocenters. The number of sulfone groups is 1. The van der Waals surface area contributed by atoms with Crippen LogP contribution in [0.1, 0.15) is 11.5 Å². The van der Waals surface area contributed by atoms with Crippen LogP contribution in [0.25, 0.3) is 11.5 Å². The van der Waals surface area contributed by atoms with Gasteiger partial charge in [-0.15, -0.1) is 10.2 Å². The molecule has 1 aromatic carbocycles. The van der Waals surface area contributed by atoms with Gasteiger partial charge in [0, 0.05) is 10.1 Å². The van der Waals surface area contributed by atoms with Crippen LogP contribution in [0.15, 0.2) is 28.7 Å². The monoisotopic (exact) mass is 396 g/mol. The summed E-state index contributed by atoms with van der Waals surface area (Å²) in [5.41, 5.74) is 1.94. The molecule has 0 amide bonds. The van der Waals surface area contributed by atoms with Crippen molar-refractivity contribution in [3.8, 4) is 11.5 Å². The van der Waals surface area contributed by atoms with Crippen molar-refractivity contribution in [3.05, 3.63) is 35.7 Å². The predicted molar refractivity (Wildman–Crippen MR) is 108 cm³/mol. The summed E-state index contributed by atoms with van der Waals surface area (Å²) in [6.45, 7) is 14.7. The van der Waals surface area contributed by atoms with Gasteiger partial charge in [-0.05, 0) is 19.1 Å². The van der Waals surface area contributed by atoms with E-state index in [9.17, 15) is 8.42 Å². The second-order valence-electron chi connectivity index (χ2n) is 8.79. The van der Waals surface area contributed by atoms with Gasteiger partial charge in [-0.1, -0.05) is 57.0 Å². The van der Waals surface area contributed by atoms with E-state index in [1.165, 1.54) is 0 Å². The number of hydrogen-bond acceptors (Lipinski definition) is 5. The lowest BCUT2D eigenvalue weighted by Crippen LogP contribution is -2.58. The van der Waals surface area contributed by atoms with E-state index in [1.54, 1.807) is 0 Å². The van der Waals surface area contributed by atoms with Gasteiger partial charge in [-0.3, -0.25) is 0 Å². The van der Waals surface area contributed by atoms with Gasteiger partial charge in [0.25, 0.3) is 0 Å². The second kappa shape index (κ2) is 6.81. The van der Waals surface area contributed by atoms with Gasteiger partial charge in [0.15, 0.2) is 9.84 Å². The van der Waals surface area contributed by atoms with Crippen LogP contribution in [0.3, 0.4) is 0 Å². The first-order valence-electron chi connectivity index (χ1n) is 8.42. The number of rotatable bonds is 6. The lowest BCUT2D eigenvalue weighted by Gasteiger charge is -2.37. The quantitative estimate of drug-likeness (QED) is 0.688. The van der Waals surface area contributed by atoms with E-state index in [-0.39, 0.29) is 16.1 Å². The minimum absolute atomic E-state index is 0.176. The highest BCUT2D eigenvalue weighted by atomic mass is 32.2. The third-order valence-corrected chi connectivity index (χ3v) is 20.1. The zero-order chi connectivity index (χ0) is 19.0. The van der Waals surface area contributed by atoms with E-state index in [0.29, 0.717) is 5.89 Å². The van der Waals surface area contributed by atoms with Crippen LogP contribution in [0.4, 0.5) is 0 Å². The van der Waals surface area contributed by atoms with Gasteiger partial charge < -0.3 is 4.42 Å². The van der Waals surface area contributed by atoms with Crippen molar-refractivity contribution in [3.63, 3.8) is 0 Å². The van der Waals surface area contributed by atoms with Crippen molar-refractivity contribution in [2.45, 2.75) is 56.5 Å². The summed E-state index contributed by atoms with van der Waals surface area (Å²) in [7, 11) is -7.12. The molecule has 2 rings (SSSR count). The molecule has 8 heteroatoms. The van der Waals surface area contributed by atoms with Crippen molar-refractivity contribution in [2.75, 3.05) is 0 Å². The van der Waals surface area contributed by atoms with Gasteiger partial charge in [0.05, 0.1) is 16.1 Å². The van der Waals surface area contributed by atoms with Gasteiger partial charge in [-0.25, -0.2) is 8.42 Å². The van der Waals surface area contributed by atoms with Gasteiger partial charge >= 0.3 is 0 Å². The smallest absolute Gasteiger partial charge is 0.247 e. The Labute approximate surface area is 152 Å². The van der Waals surface area contributed by atoms with Crippen LogP contribution in [-0.4, -0.2) is 39.3 Å². The molecular formula is C17H28N2O3SSi2. The molecule has 1 heterocycles. The minimum Gasteiger partial charge on any atom is -0.420 e. The molecule has 0 saturated carbocycles. The first-order chi connectivity index (χ1) is 11.3. The SMILES string of the molecule is Cc1ccc(-c2nnc(CS(=O)(=O)C([Si](C)(C)C)[Si](C)(C)C)o2)cc1. The molecule has 0 bridgehead atoms. The van der Waals surface area contributed by atoms with E-state index in [1.807, 2.05) is 31.2 Å². The van der Waals surface area contributed by atoms with Crippen LogP contribution in [0.5, 0.6) is 0 Å². The molecule has 2 aromatic rings. The largest absolute Gasteiger partial charge is 0.420 e. The second-order valence-corrected chi connectivity index (χ2v) is 22.9. The number of benzene rings is 1. The van der Waals surface area contributed by atoms with E-state index >= 15 is 0 Å². The van der Waals surface area contributed by atoms with Crippen molar-refractivity contribution in [1.82, 2.24) is 10.2 Å². The predicted octanol–water partition coefficient (Wildman–Crippen LogP) is 4.08. The van der Waals surface area contributed by atoms with Crippen LogP contribution in [0.2, 0.25) is 39.3 Å². The molecule has 0 unspecified atom stereocenters. The summed E-state index contributed by atoms with van der Waals surface area (Å²) in [4.78, 5) is 0. The van der Waals surface area contributed by atoms with Crippen LogP contribution in [-0.2, 0) is 15.6 Å². The van der Waals surface area contributed by atoms with E-state index in [2.05, 4.69) is 49.5 Å². The zero-order valence-corrected chi connectivity index (χ0v) is 18.9. The molecule has 0 aliphatic rings. The fraction of sp³-hybridized carbons (Fsp3) is 0.529. The normalized spacial score (nSPS) is 13.4. The molecule has 138 valence electrons. The average molecular weight is 397 g/mol. The fourth-order valence-corrected chi connectivity index (χ4v) is 23.9. The van der Waals surface area contributed by atoms with Crippen LogP contribution >= 0.6 is 0 Å². The lowest BCUT2D eigenvalue weighted by molar-refractivity contribution is 0.518. The Bertz CT molecular complexity index is 818. The maximum absolute atomic E-state index is 13.1. The van der Waals surface area contributed by atoms with Crippen molar-refractivity contribution < 1.29 is 12.8 Å². The standard InChI is InChI=1S/C17H28N2O3SSi2/c1-13-8-10-14(11-9-13)16-19-18-15(22-16)12-23(20,21)17(24(2,3)4)25(5,6)7/h8-11,17H,12H2,1-7H3. The summed E-state index contributed by atoms with van der Waals surface area (Å²) in [5.74, 6) is 0.366. The Balaban J connectivity index is 2.30. The highest BCUT2D eigenvalue weighted by Gasteiger charge is 2.46. The first-order valence-corrected chi connectivity index (χ1v) is 17.3. The molecule has 0 N–H and O–H groups in total. The molecule has 25 heavy (non-hydrogen) atoms. The Hall–Kier alpha value is -1.26. The zero-order valence-electron chi connectivity index (χ0n) is 16.1. The Morgan fingerprint density at radius 1 is 0.960 bits per heavy atom. The summed E-state index contributed by atoms with van der Waals surface area (Å²) >= 11 is 0. The van der Waals surface area contributed by atoms with E-state index in [4.69, 9.17) is 4.42 Å². The topological polar surface area (TPSA) is 73.1 Å². The third-order valence-electron chi connectivity index (χ3n) is 4.02. The van der Waals surface area contributed by atoms with Crippen LogP contribution < -0.4 is 0 Å².